The standard InChI is InChI=1S/C13H16N4O2/c1-7-11(8(2)19-17-7)6-16-9-3-4-12(14)10(5-9)13(15)18/h3-5,16H,6,14H2,1-2H3,(H2,15,18). The van der Waals surface area contributed by atoms with E-state index in [1.165, 1.54) is 0 Å². The minimum Gasteiger partial charge on any atom is -0.398 e. The van der Waals surface area contributed by atoms with Gasteiger partial charge in [0.05, 0.1) is 11.3 Å². The molecule has 0 saturated carbocycles. The Morgan fingerprint density at radius 3 is 2.74 bits per heavy atom. The highest BCUT2D eigenvalue weighted by Gasteiger charge is 2.10. The van der Waals surface area contributed by atoms with Crippen molar-refractivity contribution in [1.29, 1.82) is 0 Å². The van der Waals surface area contributed by atoms with Gasteiger partial charge in [0, 0.05) is 23.5 Å². The van der Waals surface area contributed by atoms with Crippen LogP contribution in [0.2, 0.25) is 0 Å². The van der Waals surface area contributed by atoms with Crippen molar-refractivity contribution < 1.29 is 9.32 Å². The van der Waals surface area contributed by atoms with Crippen LogP contribution in [-0.4, -0.2) is 11.1 Å². The van der Waals surface area contributed by atoms with Gasteiger partial charge >= 0.3 is 0 Å². The van der Waals surface area contributed by atoms with E-state index in [4.69, 9.17) is 16.0 Å². The van der Waals surface area contributed by atoms with Crippen LogP contribution >= 0.6 is 0 Å². The molecule has 2 aromatic rings. The van der Waals surface area contributed by atoms with Crippen LogP contribution in [0.3, 0.4) is 0 Å². The first-order valence-corrected chi connectivity index (χ1v) is 5.84. The van der Waals surface area contributed by atoms with Gasteiger partial charge in [-0.15, -0.1) is 0 Å². The molecule has 0 saturated heterocycles. The highest BCUT2D eigenvalue weighted by molar-refractivity contribution is 5.98. The summed E-state index contributed by atoms with van der Waals surface area (Å²) in [6.07, 6.45) is 0. The van der Waals surface area contributed by atoms with Crippen LogP contribution in [0.5, 0.6) is 0 Å². The number of carbonyl (C=O) groups is 1. The van der Waals surface area contributed by atoms with E-state index in [0.717, 1.165) is 22.7 Å². The van der Waals surface area contributed by atoms with Gasteiger partial charge in [-0.05, 0) is 32.0 Å². The summed E-state index contributed by atoms with van der Waals surface area (Å²) < 4.78 is 5.08. The number of nitrogen functional groups attached to an aromatic ring is 1. The Kier molecular flexibility index (Phi) is 3.41. The molecule has 1 aromatic carbocycles. The lowest BCUT2D eigenvalue weighted by atomic mass is 10.1. The van der Waals surface area contributed by atoms with Crippen LogP contribution in [0.4, 0.5) is 11.4 Å². The van der Waals surface area contributed by atoms with Gasteiger partial charge in [0.15, 0.2) is 0 Å². The molecule has 0 spiro atoms. The molecule has 0 aliphatic heterocycles. The van der Waals surface area contributed by atoms with Crippen LogP contribution in [0, 0.1) is 13.8 Å². The Morgan fingerprint density at radius 2 is 2.16 bits per heavy atom. The topological polar surface area (TPSA) is 107 Å². The molecular weight excluding hydrogens is 244 g/mol. The number of amides is 1. The van der Waals surface area contributed by atoms with Crippen molar-refractivity contribution in [3.63, 3.8) is 0 Å². The maximum Gasteiger partial charge on any atom is 0.250 e. The SMILES string of the molecule is Cc1noc(C)c1CNc1ccc(N)c(C(N)=O)c1. The summed E-state index contributed by atoms with van der Waals surface area (Å²) in [6.45, 7) is 4.30. The van der Waals surface area contributed by atoms with Gasteiger partial charge < -0.3 is 21.3 Å². The number of anilines is 2. The minimum absolute atomic E-state index is 0.309. The molecular formula is C13H16N4O2. The highest BCUT2D eigenvalue weighted by Crippen LogP contribution is 2.19. The normalized spacial score (nSPS) is 10.4. The highest BCUT2D eigenvalue weighted by atomic mass is 16.5. The zero-order valence-electron chi connectivity index (χ0n) is 10.9. The summed E-state index contributed by atoms with van der Waals surface area (Å²) in [5.41, 5.74) is 14.2. The smallest absolute Gasteiger partial charge is 0.250 e. The monoisotopic (exact) mass is 260 g/mol. The first-order chi connectivity index (χ1) is 8.99. The van der Waals surface area contributed by atoms with E-state index in [-0.39, 0.29) is 0 Å². The predicted molar refractivity (Wildman–Crippen MR) is 72.7 cm³/mol. The molecule has 0 aliphatic rings. The molecule has 5 N–H and O–H groups in total. The van der Waals surface area contributed by atoms with Crippen LogP contribution in [-0.2, 0) is 6.54 Å². The second-order valence-corrected chi connectivity index (χ2v) is 4.32. The average Bonchev–Trinajstić information content (AvgIpc) is 2.68. The van der Waals surface area contributed by atoms with E-state index < -0.39 is 5.91 Å². The van der Waals surface area contributed by atoms with Crippen molar-refractivity contribution >= 4 is 17.3 Å². The van der Waals surface area contributed by atoms with E-state index >= 15 is 0 Å². The molecule has 0 atom stereocenters. The number of aromatic nitrogens is 1. The summed E-state index contributed by atoms with van der Waals surface area (Å²) in [5.74, 6) is 0.231. The van der Waals surface area contributed by atoms with Crippen molar-refractivity contribution in [2.45, 2.75) is 20.4 Å². The molecule has 0 bridgehead atoms. The van der Waals surface area contributed by atoms with E-state index in [0.29, 0.717) is 17.8 Å². The molecule has 0 aliphatic carbocycles. The Bertz CT molecular complexity index is 600. The Balaban J connectivity index is 2.16. The number of aryl methyl sites for hydroxylation is 2. The molecule has 0 unspecified atom stereocenters. The molecule has 0 radical (unpaired) electrons. The number of nitrogens with one attached hydrogen (secondary N) is 1. The fourth-order valence-electron chi connectivity index (χ4n) is 1.82. The maximum absolute atomic E-state index is 11.2. The first-order valence-electron chi connectivity index (χ1n) is 5.84. The van der Waals surface area contributed by atoms with Crippen molar-refractivity contribution in [2.75, 3.05) is 11.1 Å². The predicted octanol–water partition coefficient (Wildman–Crippen LogP) is 1.58. The lowest BCUT2D eigenvalue weighted by Crippen LogP contribution is -2.14. The lowest BCUT2D eigenvalue weighted by molar-refractivity contribution is 0.100. The van der Waals surface area contributed by atoms with Gasteiger partial charge in [-0.3, -0.25) is 4.79 Å². The number of hydrogen-bond donors (Lipinski definition) is 3. The van der Waals surface area contributed by atoms with Gasteiger partial charge in [0.1, 0.15) is 5.76 Å². The summed E-state index contributed by atoms with van der Waals surface area (Å²) in [6, 6.07) is 5.07. The van der Waals surface area contributed by atoms with E-state index in [2.05, 4.69) is 10.5 Å². The molecule has 19 heavy (non-hydrogen) atoms. The quantitative estimate of drug-likeness (QED) is 0.723. The Hall–Kier alpha value is -2.50. The summed E-state index contributed by atoms with van der Waals surface area (Å²) in [7, 11) is 0. The molecule has 1 heterocycles. The summed E-state index contributed by atoms with van der Waals surface area (Å²) in [4.78, 5) is 11.2. The third-order valence-electron chi connectivity index (χ3n) is 2.97. The number of rotatable bonds is 4. The maximum atomic E-state index is 11.2. The lowest BCUT2D eigenvalue weighted by Gasteiger charge is -2.08. The molecule has 1 amide bonds. The van der Waals surface area contributed by atoms with Gasteiger partial charge in [-0.2, -0.15) is 0 Å². The number of nitrogens with two attached hydrogens (primary N) is 2. The van der Waals surface area contributed by atoms with Crippen LogP contribution in [0.15, 0.2) is 22.7 Å². The summed E-state index contributed by atoms with van der Waals surface area (Å²) in [5, 5.41) is 7.07. The number of primary amides is 1. The third-order valence-corrected chi connectivity index (χ3v) is 2.97. The first kappa shape index (κ1) is 12.9. The third kappa shape index (κ3) is 2.67. The largest absolute Gasteiger partial charge is 0.398 e. The number of hydrogen-bond acceptors (Lipinski definition) is 5. The minimum atomic E-state index is -0.543. The molecule has 1 aromatic heterocycles. The van der Waals surface area contributed by atoms with Gasteiger partial charge in [0.25, 0.3) is 5.91 Å². The van der Waals surface area contributed by atoms with Crippen molar-refractivity contribution in [1.82, 2.24) is 5.16 Å². The van der Waals surface area contributed by atoms with E-state index in [9.17, 15) is 4.79 Å². The van der Waals surface area contributed by atoms with Gasteiger partial charge in [-0.1, -0.05) is 5.16 Å². The fourth-order valence-corrected chi connectivity index (χ4v) is 1.82. The number of benzene rings is 1. The van der Waals surface area contributed by atoms with Crippen molar-refractivity contribution in [3.05, 3.63) is 40.8 Å². The second-order valence-electron chi connectivity index (χ2n) is 4.32. The molecule has 6 nitrogen and oxygen atoms in total. The van der Waals surface area contributed by atoms with Crippen molar-refractivity contribution in [3.8, 4) is 0 Å². The van der Waals surface area contributed by atoms with Crippen LogP contribution in [0.25, 0.3) is 0 Å². The van der Waals surface area contributed by atoms with Crippen LogP contribution in [0.1, 0.15) is 27.4 Å². The van der Waals surface area contributed by atoms with Crippen LogP contribution < -0.4 is 16.8 Å². The molecule has 0 fully saturated rings. The zero-order valence-corrected chi connectivity index (χ0v) is 10.9. The zero-order chi connectivity index (χ0) is 14.0. The number of nitrogens with zero attached hydrogens (tertiary/aromatic N) is 1. The Morgan fingerprint density at radius 1 is 1.42 bits per heavy atom. The van der Waals surface area contributed by atoms with E-state index in [1.54, 1.807) is 18.2 Å². The second kappa shape index (κ2) is 5.01. The van der Waals surface area contributed by atoms with Crippen molar-refractivity contribution in [2.24, 2.45) is 5.73 Å². The van der Waals surface area contributed by atoms with Gasteiger partial charge in [-0.25, -0.2) is 0 Å². The number of carbonyl (C=O) groups excluding carboxylic acids is 1. The summed E-state index contributed by atoms with van der Waals surface area (Å²) >= 11 is 0. The van der Waals surface area contributed by atoms with E-state index in [1.807, 2.05) is 13.8 Å². The average molecular weight is 260 g/mol. The fraction of sp³-hybridized carbons (Fsp3) is 0.231. The molecule has 2 rings (SSSR count). The molecule has 100 valence electrons. The van der Waals surface area contributed by atoms with Gasteiger partial charge in [0.2, 0.25) is 0 Å². The molecule has 6 heteroatoms. The Labute approximate surface area is 110 Å².